The molecule has 3 rings (SSSR count). The second-order valence-electron chi connectivity index (χ2n) is 5.38. The van der Waals surface area contributed by atoms with Gasteiger partial charge in [-0.3, -0.25) is 4.79 Å². The zero-order chi connectivity index (χ0) is 17.6. The maximum Gasteiger partial charge on any atom is 0.255 e. The molecule has 4 heteroatoms. The Bertz CT molecular complexity index is 994. The maximum absolute atomic E-state index is 12.4. The van der Waals surface area contributed by atoms with Crippen LogP contribution in [0.2, 0.25) is 0 Å². The normalized spacial score (nSPS) is 9.68. The number of carbonyl (C=O) groups is 1. The van der Waals surface area contributed by atoms with Gasteiger partial charge in [0.15, 0.2) is 0 Å². The molecule has 0 radical (unpaired) electrons. The molecular weight excluding hydrogens is 310 g/mol. The first-order chi connectivity index (χ1) is 12.2. The highest BCUT2D eigenvalue weighted by Crippen LogP contribution is 2.20. The van der Waals surface area contributed by atoms with Crippen LogP contribution in [0.3, 0.4) is 0 Å². The topological polar surface area (TPSA) is 76.7 Å². The molecule has 0 unspecified atom stereocenters. The molecule has 0 heterocycles. The zero-order valence-electron chi connectivity index (χ0n) is 13.2. The van der Waals surface area contributed by atoms with Crippen LogP contribution >= 0.6 is 0 Å². The molecule has 0 saturated carbocycles. The minimum absolute atomic E-state index is 0.236. The van der Waals surface area contributed by atoms with Gasteiger partial charge in [0.1, 0.15) is 12.1 Å². The number of nitrogens with zero attached hydrogens (tertiary/aromatic N) is 2. The van der Waals surface area contributed by atoms with Crippen molar-refractivity contribution in [1.82, 2.24) is 0 Å². The summed E-state index contributed by atoms with van der Waals surface area (Å²) in [6.07, 6.45) is 0. The van der Waals surface area contributed by atoms with Crippen LogP contribution in [0, 0.1) is 22.7 Å². The molecule has 0 bridgehead atoms. The van der Waals surface area contributed by atoms with Gasteiger partial charge in [-0.25, -0.2) is 0 Å². The third kappa shape index (κ3) is 3.55. The lowest BCUT2D eigenvalue weighted by molar-refractivity contribution is 0.102. The fraction of sp³-hybridized carbons (Fsp3) is 0. The standard InChI is InChI=1S/C21H13N3O/c22-13-18-10-11-20(12-19(18)14-23)24-21(25)17-8-6-16(7-9-17)15-4-2-1-3-5-15/h1-12H,(H,24,25). The number of rotatable bonds is 3. The molecule has 0 spiro atoms. The minimum atomic E-state index is -0.270. The molecule has 0 atom stereocenters. The Kier molecular flexibility index (Phi) is 4.55. The fourth-order valence-electron chi connectivity index (χ4n) is 2.46. The Labute approximate surface area is 145 Å². The Balaban J connectivity index is 1.78. The number of amides is 1. The highest BCUT2D eigenvalue weighted by Gasteiger charge is 2.09. The first-order valence-electron chi connectivity index (χ1n) is 7.62. The summed E-state index contributed by atoms with van der Waals surface area (Å²) in [5.74, 6) is -0.270. The predicted molar refractivity (Wildman–Crippen MR) is 95.7 cm³/mol. The van der Waals surface area contributed by atoms with E-state index in [1.165, 1.54) is 12.1 Å². The summed E-state index contributed by atoms with van der Waals surface area (Å²) in [7, 11) is 0. The third-order valence-corrected chi connectivity index (χ3v) is 3.77. The number of carbonyl (C=O) groups excluding carboxylic acids is 1. The minimum Gasteiger partial charge on any atom is -0.322 e. The molecule has 3 aromatic rings. The van der Waals surface area contributed by atoms with Gasteiger partial charge in [0.05, 0.1) is 11.1 Å². The van der Waals surface area contributed by atoms with Crippen molar-refractivity contribution in [2.45, 2.75) is 0 Å². The number of nitrogens with one attached hydrogen (secondary N) is 1. The Morgan fingerprint density at radius 1 is 0.760 bits per heavy atom. The van der Waals surface area contributed by atoms with Gasteiger partial charge >= 0.3 is 0 Å². The molecule has 4 nitrogen and oxygen atoms in total. The zero-order valence-corrected chi connectivity index (χ0v) is 13.2. The summed E-state index contributed by atoms with van der Waals surface area (Å²) >= 11 is 0. The van der Waals surface area contributed by atoms with E-state index in [1.807, 2.05) is 54.6 Å². The van der Waals surface area contributed by atoms with Crippen LogP contribution in [0.1, 0.15) is 21.5 Å². The van der Waals surface area contributed by atoms with E-state index in [-0.39, 0.29) is 17.0 Å². The fourth-order valence-corrected chi connectivity index (χ4v) is 2.46. The average molecular weight is 323 g/mol. The Morgan fingerprint density at radius 3 is 2.04 bits per heavy atom. The molecule has 0 saturated heterocycles. The lowest BCUT2D eigenvalue weighted by Gasteiger charge is -2.07. The largest absolute Gasteiger partial charge is 0.322 e. The van der Waals surface area contributed by atoms with Crippen LogP contribution in [0.4, 0.5) is 5.69 Å². The van der Waals surface area contributed by atoms with Crippen molar-refractivity contribution in [2.75, 3.05) is 5.32 Å². The van der Waals surface area contributed by atoms with Crippen molar-refractivity contribution in [3.63, 3.8) is 0 Å². The lowest BCUT2D eigenvalue weighted by atomic mass is 10.0. The summed E-state index contributed by atoms with van der Waals surface area (Å²) in [6.45, 7) is 0. The molecule has 0 aliphatic rings. The SMILES string of the molecule is N#Cc1ccc(NC(=O)c2ccc(-c3ccccc3)cc2)cc1C#N. The summed E-state index contributed by atoms with van der Waals surface area (Å²) in [5, 5.41) is 20.7. The molecule has 0 aliphatic carbocycles. The van der Waals surface area contributed by atoms with Crippen LogP contribution in [0.25, 0.3) is 11.1 Å². The molecule has 25 heavy (non-hydrogen) atoms. The maximum atomic E-state index is 12.4. The van der Waals surface area contributed by atoms with E-state index in [4.69, 9.17) is 10.5 Å². The van der Waals surface area contributed by atoms with Crippen molar-refractivity contribution in [2.24, 2.45) is 0 Å². The molecule has 118 valence electrons. The van der Waals surface area contributed by atoms with E-state index in [0.717, 1.165) is 11.1 Å². The van der Waals surface area contributed by atoms with Crippen LogP contribution in [-0.2, 0) is 0 Å². The van der Waals surface area contributed by atoms with Crippen molar-refractivity contribution in [3.8, 4) is 23.3 Å². The monoisotopic (exact) mass is 323 g/mol. The molecular formula is C21H13N3O. The van der Waals surface area contributed by atoms with E-state index >= 15 is 0 Å². The number of benzene rings is 3. The van der Waals surface area contributed by atoms with Gasteiger partial charge in [-0.1, -0.05) is 42.5 Å². The first-order valence-corrected chi connectivity index (χ1v) is 7.62. The molecule has 0 aliphatic heterocycles. The van der Waals surface area contributed by atoms with Crippen molar-refractivity contribution in [1.29, 1.82) is 10.5 Å². The Morgan fingerprint density at radius 2 is 1.40 bits per heavy atom. The smallest absolute Gasteiger partial charge is 0.255 e. The van der Waals surface area contributed by atoms with Crippen molar-refractivity contribution in [3.05, 3.63) is 89.5 Å². The van der Waals surface area contributed by atoms with Gasteiger partial charge in [-0.2, -0.15) is 10.5 Å². The van der Waals surface area contributed by atoms with Gasteiger partial charge < -0.3 is 5.32 Å². The summed E-state index contributed by atoms with van der Waals surface area (Å²) < 4.78 is 0. The molecule has 0 aromatic heterocycles. The van der Waals surface area contributed by atoms with Crippen molar-refractivity contribution < 1.29 is 4.79 Å². The highest BCUT2D eigenvalue weighted by atomic mass is 16.1. The molecule has 1 N–H and O–H groups in total. The quantitative estimate of drug-likeness (QED) is 0.778. The number of nitriles is 2. The van der Waals surface area contributed by atoms with Crippen LogP contribution < -0.4 is 5.32 Å². The number of anilines is 1. The molecule has 0 fully saturated rings. The van der Waals surface area contributed by atoms with E-state index in [9.17, 15) is 4.79 Å². The number of hydrogen-bond acceptors (Lipinski definition) is 3. The number of hydrogen-bond donors (Lipinski definition) is 1. The second-order valence-corrected chi connectivity index (χ2v) is 5.38. The summed E-state index contributed by atoms with van der Waals surface area (Å²) in [5.41, 5.74) is 3.63. The van der Waals surface area contributed by atoms with Crippen molar-refractivity contribution >= 4 is 11.6 Å². The predicted octanol–water partition coefficient (Wildman–Crippen LogP) is 4.35. The van der Waals surface area contributed by atoms with Crippen LogP contribution in [0.15, 0.2) is 72.8 Å². The first kappa shape index (κ1) is 16.0. The van der Waals surface area contributed by atoms with E-state index < -0.39 is 0 Å². The van der Waals surface area contributed by atoms with E-state index in [1.54, 1.807) is 18.2 Å². The summed E-state index contributed by atoms with van der Waals surface area (Å²) in [6, 6.07) is 25.7. The van der Waals surface area contributed by atoms with E-state index in [2.05, 4.69) is 5.32 Å². The lowest BCUT2D eigenvalue weighted by Crippen LogP contribution is -2.12. The molecule has 3 aromatic carbocycles. The van der Waals surface area contributed by atoms with Crippen LogP contribution in [0.5, 0.6) is 0 Å². The van der Waals surface area contributed by atoms with Gasteiger partial charge in [-0.15, -0.1) is 0 Å². The summed E-state index contributed by atoms with van der Waals surface area (Å²) in [4.78, 5) is 12.4. The van der Waals surface area contributed by atoms with Gasteiger partial charge in [0.25, 0.3) is 5.91 Å². The average Bonchev–Trinajstić information content (AvgIpc) is 2.68. The van der Waals surface area contributed by atoms with Crippen LogP contribution in [-0.4, -0.2) is 5.91 Å². The third-order valence-electron chi connectivity index (χ3n) is 3.77. The second kappa shape index (κ2) is 7.12. The van der Waals surface area contributed by atoms with Gasteiger partial charge in [0.2, 0.25) is 0 Å². The Hall–Kier alpha value is -3.89. The molecule has 1 amide bonds. The highest BCUT2D eigenvalue weighted by molar-refractivity contribution is 6.04. The van der Waals surface area contributed by atoms with Gasteiger partial charge in [-0.05, 0) is 41.5 Å². The van der Waals surface area contributed by atoms with E-state index in [0.29, 0.717) is 11.3 Å². The van der Waals surface area contributed by atoms with Gasteiger partial charge in [0, 0.05) is 11.3 Å².